The first-order valence-corrected chi connectivity index (χ1v) is 9.21. The van der Waals surface area contributed by atoms with Crippen LogP contribution in [0.1, 0.15) is 39.5 Å². The highest BCUT2D eigenvalue weighted by molar-refractivity contribution is 5.87. The summed E-state index contributed by atoms with van der Waals surface area (Å²) in [5.74, 6) is 0.367. The Kier molecular flexibility index (Phi) is 10.9. The van der Waals surface area contributed by atoms with Gasteiger partial charge in [-0.1, -0.05) is 13.2 Å². The number of ether oxygens (including phenoxy) is 4. The number of rotatable bonds is 12. The van der Waals surface area contributed by atoms with Crippen LogP contribution in [0.2, 0.25) is 0 Å². The molecule has 148 valence electrons. The van der Waals surface area contributed by atoms with Crippen molar-refractivity contribution in [1.29, 1.82) is 0 Å². The van der Waals surface area contributed by atoms with Crippen molar-refractivity contribution in [2.75, 3.05) is 39.6 Å². The van der Waals surface area contributed by atoms with Gasteiger partial charge in [-0.05, 0) is 51.4 Å². The minimum Gasteiger partial charge on any atom is -0.460 e. The molecule has 0 aliphatic heterocycles. The average molecular weight is 368 g/mol. The molecule has 1 aliphatic rings. The topological polar surface area (TPSA) is 71.1 Å². The van der Waals surface area contributed by atoms with E-state index >= 15 is 0 Å². The minimum absolute atomic E-state index is 0.269. The van der Waals surface area contributed by atoms with E-state index < -0.39 is 0 Å². The quantitative estimate of drug-likeness (QED) is 0.299. The molecular weight excluding hydrogens is 336 g/mol. The molecule has 0 amide bonds. The first kappa shape index (κ1) is 22.4. The van der Waals surface area contributed by atoms with Gasteiger partial charge >= 0.3 is 11.9 Å². The largest absolute Gasteiger partial charge is 0.460 e. The Bertz CT molecular complexity index is 433. The van der Waals surface area contributed by atoms with Gasteiger partial charge in [0, 0.05) is 24.4 Å². The van der Waals surface area contributed by atoms with Crippen LogP contribution in [-0.2, 0) is 28.5 Å². The Morgan fingerprint density at radius 3 is 1.38 bits per heavy atom. The third-order valence-corrected chi connectivity index (χ3v) is 4.29. The maximum atomic E-state index is 11.2. The fourth-order valence-corrected chi connectivity index (χ4v) is 2.70. The number of esters is 2. The second-order valence-electron chi connectivity index (χ2n) is 6.87. The molecule has 1 fully saturated rings. The number of hydrogen-bond donors (Lipinski definition) is 0. The molecular formula is C20H32O6. The molecule has 0 bridgehead atoms. The summed E-state index contributed by atoms with van der Waals surface area (Å²) in [6.45, 7) is 13.1. The Morgan fingerprint density at radius 1 is 0.731 bits per heavy atom. The molecule has 0 radical (unpaired) electrons. The fourth-order valence-electron chi connectivity index (χ4n) is 2.70. The lowest BCUT2D eigenvalue weighted by atomic mass is 9.83. The summed E-state index contributed by atoms with van der Waals surface area (Å²) in [5, 5.41) is 0. The van der Waals surface area contributed by atoms with Crippen LogP contribution in [0.3, 0.4) is 0 Å². The van der Waals surface area contributed by atoms with E-state index in [1.165, 1.54) is 0 Å². The molecule has 0 N–H and O–H groups in total. The zero-order valence-electron chi connectivity index (χ0n) is 16.1. The van der Waals surface area contributed by atoms with E-state index in [-0.39, 0.29) is 25.2 Å². The molecule has 6 nitrogen and oxygen atoms in total. The molecule has 1 aliphatic carbocycles. The van der Waals surface area contributed by atoms with Crippen molar-refractivity contribution < 1.29 is 28.5 Å². The number of carbonyl (C=O) groups excluding carboxylic acids is 2. The van der Waals surface area contributed by atoms with Gasteiger partial charge in [0.15, 0.2) is 0 Å². The highest BCUT2D eigenvalue weighted by atomic mass is 16.6. The molecule has 0 aromatic heterocycles. The molecule has 0 aromatic rings. The Hall–Kier alpha value is -1.66. The van der Waals surface area contributed by atoms with Crippen LogP contribution in [-0.4, -0.2) is 51.6 Å². The molecule has 1 rings (SSSR count). The Balaban J connectivity index is 1.98. The second kappa shape index (κ2) is 12.7. The fraction of sp³-hybridized carbons (Fsp3) is 0.700. The van der Waals surface area contributed by atoms with E-state index in [0.29, 0.717) is 49.4 Å². The first-order valence-electron chi connectivity index (χ1n) is 9.21. The van der Waals surface area contributed by atoms with Crippen molar-refractivity contribution in [2.45, 2.75) is 39.5 Å². The molecule has 0 atom stereocenters. The van der Waals surface area contributed by atoms with E-state index in [9.17, 15) is 9.59 Å². The summed E-state index contributed by atoms with van der Waals surface area (Å²) in [4.78, 5) is 22.4. The molecule has 0 heterocycles. The van der Waals surface area contributed by atoms with Gasteiger partial charge in [-0.2, -0.15) is 0 Å². The third-order valence-electron chi connectivity index (χ3n) is 4.29. The number of hydrogen-bond acceptors (Lipinski definition) is 6. The SMILES string of the molecule is C=C(C)C(=O)OCCOCC1CCC(COCCOC(=O)C(=C)C)CC1. The highest BCUT2D eigenvalue weighted by Gasteiger charge is 2.21. The van der Waals surface area contributed by atoms with Crippen LogP contribution in [0.5, 0.6) is 0 Å². The van der Waals surface area contributed by atoms with Gasteiger partial charge in [0.25, 0.3) is 0 Å². The van der Waals surface area contributed by atoms with E-state index in [1.54, 1.807) is 13.8 Å². The first-order chi connectivity index (χ1) is 12.4. The van der Waals surface area contributed by atoms with Gasteiger partial charge in [-0.3, -0.25) is 0 Å². The predicted octanol–water partition coefficient (Wildman–Crippen LogP) is 3.06. The maximum Gasteiger partial charge on any atom is 0.333 e. The van der Waals surface area contributed by atoms with Gasteiger partial charge in [-0.15, -0.1) is 0 Å². The highest BCUT2D eigenvalue weighted by Crippen LogP contribution is 2.29. The van der Waals surface area contributed by atoms with Crippen molar-refractivity contribution in [3.05, 3.63) is 24.3 Å². The second-order valence-corrected chi connectivity index (χ2v) is 6.87. The monoisotopic (exact) mass is 368 g/mol. The molecule has 0 spiro atoms. The van der Waals surface area contributed by atoms with E-state index in [1.807, 2.05) is 0 Å². The van der Waals surface area contributed by atoms with Gasteiger partial charge in [0.05, 0.1) is 13.2 Å². The summed E-state index contributed by atoms with van der Waals surface area (Å²) >= 11 is 0. The number of carbonyl (C=O) groups is 2. The van der Waals surface area contributed by atoms with Crippen molar-refractivity contribution in [2.24, 2.45) is 11.8 Å². The zero-order chi connectivity index (χ0) is 19.4. The summed E-state index contributed by atoms with van der Waals surface area (Å²) < 4.78 is 21.2. The average Bonchev–Trinajstić information content (AvgIpc) is 2.61. The minimum atomic E-state index is -0.372. The standard InChI is InChI=1S/C20H32O6/c1-15(2)19(21)25-11-9-23-13-17-5-7-18(8-6-17)14-24-10-12-26-20(22)16(3)4/h17-18H,1,3,5-14H2,2,4H3. The summed E-state index contributed by atoms with van der Waals surface area (Å²) in [7, 11) is 0. The van der Waals surface area contributed by atoms with E-state index in [0.717, 1.165) is 25.7 Å². The van der Waals surface area contributed by atoms with Crippen LogP contribution in [0, 0.1) is 11.8 Å². The van der Waals surface area contributed by atoms with Crippen LogP contribution in [0.15, 0.2) is 24.3 Å². The lowest BCUT2D eigenvalue weighted by Gasteiger charge is -2.28. The van der Waals surface area contributed by atoms with Gasteiger partial charge < -0.3 is 18.9 Å². The van der Waals surface area contributed by atoms with Gasteiger partial charge in [0.1, 0.15) is 13.2 Å². The maximum absolute atomic E-state index is 11.2. The van der Waals surface area contributed by atoms with Gasteiger partial charge in [-0.25, -0.2) is 9.59 Å². The Morgan fingerprint density at radius 2 is 1.08 bits per heavy atom. The van der Waals surface area contributed by atoms with Crippen molar-refractivity contribution in [1.82, 2.24) is 0 Å². The van der Waals surface area contributed by atoms with Crippen molar-refractivity contribution in [3.63, 3.8) is 0 Å². The zero-order valence-corrected chi connectivity index (χ0v) is 16.1. The van der Waals surface area contributed by atoms with Crippen LogP contribution in [0.4, 0.5) is 0 Å². The van der Waals surface area contributed by atoms with Crippen LogP contribution in [0.25, 0.3) is 0 Å². The molecule has 0 saturated heterocycles. The van der Waals surface area contributed by atoms with Crippen molar-refractivity contribution in [3.8, 4) is 0 Å². The summed E-state index contributed by atoms with van der Waals surface area (Å²) in [5.41, 5.74) is 0.805. The summed E-state index contributed by atoms with van der Waals surface area (Å²) in [6.07, 6.45) is 4.46. The van der Waals surface area contributed by atoms with Crippen molar-refractivity contribution >= 4 is 11.9 Å². The Labute approximate surface area is 156 Å². The third kappa shape index (κ3) is 9.73. The lowest BCUT2D eigenvalue weighted by Crippen LogP contribution is -2.23. The lowest BCUT2D eigenvalue weighted by molar-refractivity contribution is -0.141. The van der Waals surface area contributed by atoms with Crippen LogP contribution < -0.4 is 0 Å². The normalized spacial score (nSPS) is 19.6. The smallest absolute Gasteiger partial charge is 0.333 e. The van der Waals surface area contributed by atoms with Crippen LogP contribution >= 0.6 is 0 Å². The molecule has 26 heavy (non-hydrogen) atoms. The molecule has 0 aromatic carbocycles. The van der Waals surface area contributed by atoms with Gasteiger partial charge in [0.2, 0.25) is 0 Å². The van der Waals surface area contributed by atoms with E-state index in [4.69, 9.17) is 18.9 Å². The van der Waals surface area contributed by atoms with E-state index in [2.05, 4.69) is 13.2 Å². The summed E-state index contributed by atoms with van der Waals surface area (Å²) in [6, 6.07) is 0. The molecule has 6 heteroatoms. The molecule has 1 saturated carbocycles. The molecule has 0 unspecified atom stereocenters. The predicted molar refractivity (Wildman–Crippen MR) is 98.6 cm³/mol.